The van der Waals surface area contributed by atoms with Gasteiger partial charge in [0.2, 0.25) is 0 Å². The van der Waals surface area contributed by atoms with Crippen LogP contribution in [0.25, 0.3) is 0 Å². The van der Waals surface area contributed by atoms with Crippen LogP contribution >= 0.6 is 15.9 Å². The van der Waals surface area contributed by atoms with E-state index in [9.17, 15) is 0 Å². The first-order valence-electron chi connectivity index (χ1n) is 7.17. The summed E-state index contributed by atoms with van der Waals surface area (Å²) in [4.78, 5) is 10.7. The van der Waals surface area contributed by atoms with Crippen molar-refractivity contribution in [3.63, 3.8) is 0 Å². The molecule has 1 aliphatic carbocycles. The fourth-order valence-electron chi connectivity index (χ4n) is 2.68. The lowest BCUT2D eigenvalue weighted by Gasteiger charge is -2.31. The Labute approximate surface area is 124 Å². The van der Waals surface area contributed by atoms with Gasteiger partial charge in [0.1, 0.15) is 12.1 Å². The lowest BCUT2D eigenvalue weighted by Crippen LogP contribution is -2.34. The van der Waals surface area contributed by atoms with Gasteiger partial charge in [-0.15, -0.1) is 0 Å². The Hall–Kier alpha value is -0.680. The molecule has 0 radical (unpaired) electrons. The van der Waals surface area contributed by atoms with Crippen LogP contribution in [0.4, 0.5) is 5.82 Å². The van der Waals surface area contributed by atoms with E-state index in [1.54, 1.807) is 12.5 Å². The topological polar surface area (TPSA) is 41.0 Å². The van der Waals surface area contributed by atoms with E-state index in [0.717, 1.165) is 35.8 Å². The predicted molar refractivity (Wildman–Crippen MR) is 82.3 cm³/mol. The van der Waals surface area contributed by atoms with Crippen molar-refractivity contribution in [2.45, 2.75) is 44.6 Å². The molecule has 0 unspecified atom stereocenters. The molecule has 0 amide bonds. The van der Waals surface area contributed by atoms with Crippen molar-refractivity contribution in [3.8, 4) is 0 Å². The zero-order chi connectivity index (χ0) is 13.5. The molecule has 106 valence electrons. The van der Waals surface area contributed by atoms with Gasteiger partial charge in [0.15, 0.2) is 0 Å². The van der Waals surface area contributed by atoms with Gasteiger partial charge in [0.05, 0.1) is 4.47 Å². The maximum atomic E-state index is 4.20. The average molecular weight is 327 g/mol. The van der Waals surface area contributed by atoms with Crippen LogP contribution in [-0.2, 0) is 0 Å². The van der Waals surface area contributed by atoms with Crippen LogP contribution < -0.4 is 5.32 Å². The minimum Gasteiger partial charge on any atom is -0.369 e. The molecule has 0 bridgehead atoms. The molecule has 0 saturated heterocycles. The SMILES string of the molecule is CN(CCCNc1ncncc1Br)C1CCCCC1. The van der Waals surface area contributed by atoms with Gasteiger partial charge < -0.3 is 10.2 Å². The third kappa shape index (κ3) is 4.73. The summed E-state index contributed by atoms with van der Waals surface area (Å²) in [5, 5.41) is 3.35. The number of rotatable bonds is 6. The van der Waals surface area contributed by atoms with Gasteiger partial charge in [-0.2, -0.15) is 0 Å². The van der Waals surface area contributed by atoms with Crippen LogP contribution in [-0.4, -0.2) is 41.0 Å². The summed E-state index contributed by atoms with van der Waals surface area (Å²) in [6, 6.07) is 0.805. The molecular formula is C14H23BrN4. The first-order valence-corrected chi connectivity index (χ1v) is 7.96. The molecule has 0 atom stereocenters. The molecule has 4 nitrogen and oxygen atoms in total. The molecule has 2 rings (SSSR count). The summed E-state index contributed by atoms with van der Waals surface area (Å²) in [5.41, 5.74) is 0. The van der Waals surface area contributed by atoms with Crippen LogP contribution in [0.2, 0.25) is 0 Å². The molecule has 1 aromatic heterocycles. The quantitative estimate of drug-likeness (QED) is 0.814. The second-order valence-electron chi connectivity index (χ2n) is 5.27. The van der Waals surface area contributed by atoms with Crippen molar-refractivity contribution < 1.29 is 0 Å². The highest BCUT2D eigenvalue weighted by molar-refractivity contribution is 9.10. The van der Waals surface area contributed by atoms with Crippen molar-refractivity contribution in [1.29, 1.82) is 0 Å². The van der Waals surface area contributed by atoms with Crippen LogP contribution in [0.15, 0.2) is 17.0 Å². The Morgan fingerprint density at radius 2 is 2.16 bits per heavy atom. The van der Waals surface area contributed by atoms with E-state index in [-0.39, 0.29) is 0 Å². The Kier molecular flexibility index (Phi) is 6.04. The van der Waals surface area contributed by atoms with Crippen molar-refractivity contribution in [1.82, 2.24) is 14.9 Å². The largest absolute Gasteiger partial charge is 0.369 e. The van der Waals surface area contributed by atoms with Crippen LogP contribution in [0, 0.1) is 0 Å². The monoisotopic (exact) mass is 326 g/mol. The second kappa shape index (κ2) is 7.80. The minimum atomic E-state index is 0.805. The van der Waals surface area contributed by atoms with E-state index in [1.165, 1.54) is 32.1 Å². The lowest BCUT2D eigenvalue weighted by atomic mass is 9.94. The standard InChI is InChI=1S/C14H23BrN4/c1-19(12-6-3-2-4-7-12)9-5-8-17-14-13(15)10-16-11-18-14/h10-12H,2-9H2,1H3,(H,16,17,18). The number of nitrogens with zero attached hydrogens (tertiary/aromatic N) is 3. The van der Waals surface area contributed by atoms with Gasteiger partial charge in [-0.1, -0.05) is 19.3 Å². The molecular weight excluding hydrogens is 304 g/mol. The molecule has 0 aliphatic heterocycles. The first-order chi connectivity index (χ1) is 9.27. The number of halogens is 1. The third-order valence-electron chi connectivity index (χ3n) is 3.85. The predicted octanol–water partition coefficient (Wildman–Crippen LogP) is 3.31. The molecule has 19 heavy (non-hydrogen) atoms. The smallest absolute Gasteiger partial charge is 0.143 e. The Morgan fingerprint density at radius 1 is 1.37 bits per heavy atom. The lowest BCUT2D eigenvalue weighted by molar-refractivity contribution is 0.191. The zero-order valence-electron chi connectivity index (χ0n) is 11.6. The van der Waals surface area contributed by atoms with Gasteiger partial charge in [-0.25, -0.2) is 9.97 Å². The highest BCUT2D eigenvalue weighted by Gasteiger charge is 2.17. The molecule has 1 aliphatic rings. The Morgan fingerprint density at radius 3 is 2.89 bits per heavy atom. The van der Waals surface area contributed by atoms with E-state index < -0.39 is 0 Å². The van der Waals surface area contributed by atoms with Crippen molar-refractivity contribution in [2.75, 3.05) is 25.5 Å². The average Bonchev–Trinajstić information content (AvgIpc) is 2.46. The number of aromatic nitrogens is 2. The minimum absolute atomic E-state index is 0.805. The molecule has 0 aromatic carbocycles. The summed E-state index contributed by atoms with van der Waals surface area (Å²) in [6.07, 6.45) is 11.5. The maximum Gasteiger partial charge on any atom is 0.143 e. The van der Waals surface area contributed by atoms with E-state index in [1.807, 2.05) is 0 Å². The number of anilines is 1. The molecule has 1 fully saturated rings. The van der Waals surface area contributed by atoms with Gasteiger partial charge in [0, 0.05) is 18.8 Å². The Balaban J connectivity index is 1.65. The molecule has 1 aromatic rings. The summed E-state index contributed by atoms with van der Waals surface area (Å²) >= 11 is 3.44. The summed E-state index contributed by atoms with van der Waals surface area (Å²) in [7, 11) is 2.26. The van der Waals surface area contributed by atoms with E-state index in [0.29, 0.717) is 0 Å². The highest BCUT2D eigenvalue weighted by Crippen LogP contribution is 2.21. The van der Waals surface area contributed by atoms with E-state index in [4.69, 9.17) is 0 Å². The maximum absolute atomic E-state index is 4.20. The van der Waals surface area contributed by atoms with Crippen LogP contribution in [0.3, 0.4) is 0 Å². The summed E-state index contributed by atoms with van der Waals surface area (Å²) < 4.78 is 0.927. The van der Waals surface area contributed by atoms with Gasteiger partial charge in [-0.05, 0) is 48.8 Å². The fraction of sp³-hybridized carbons (Fsp3) is 0.714. The number of hydrogen-bond acceptors (Lipinski definition) is 4. The summed E-state index contributed by atoms with van der Waals surface area (Å²) in [5.74, 6) is 0.885. The fourth-order valence-corrected chi connectivity index (χ4v) is 3.04. The van der Waals surface area contributed by atoms with Crippen molar-refractivity contribution >= 4 is 21.7 Å². The van der Waals surface area contributed by atoms with E-state index in [2.05, 4.69) is 43.2 Å². The molecule has 0 spiro atoms. The number of nitrogens with one attached hydrogen (secondary N) is 1. The van der Waals surface area contributed by atoms with E-state index >= 15 is 0 Å². The Bertz CT molecular complexity index is 379. The van der Waals surface area contributed by atoms with Crippen LogP contribution in [0.1, 0.15) is 38.5 Å². The zero-order valence-corrected chi connectivity index (χ0v) is 13.2. The highest BCUT2D eigenvalue weighted by atomic mass is 79.9. The third-order valence-corrected chi connectivity index (χ3v) is 4.43. The molecule has 1 saturated carbocycles. The summed E-state index contributed by atoms with van der Waals surface area (Å²) in [6.45, 7) is 2.10. The van der Waals surface area contributed by atoms with Gasteiger partial charge in [0.25, 0.3) is 0 Å². The second-order valence-corrected chi connectivity index (χ2v) is 6.13. The molecule has 1 N–H and O–H groups in total. The van der Waals surface area contributed by atoms with Crippen molar-refractivity contribution in [3.05, 3.63) is 17.0 Å². The number of hydrogen-bond donors (Lipinski definition) is 1. The molecule has 1 heterocycles. The van der Waals surface area contributed by atoms with Crippen LogP contribution in [0.5, 0.6) is 0 Å². The van der Waals surface area contributed by atoms with Crippen molar-refractivity contribution in [2.24, 2.45) is 0 Å². The normalized spacial score (nSPS) is 16.8. The van der Waals surface area contributed by atoms with Gasteiger partial charge in [-0.3, -0.25) is 0 Å². The molecule has 5 heteroatoms. The first kappa shape index (κ1) is 14.7. The van der Waals surface area contributed by atoms with Gasteiger partial charge >= 0.3 is 0 Å².